The molecule has 17 heavy (non-hydrogen) atoms. The average molecular weight is 253 g/mol. The van der Waals surface area contributed by atoms with Crippen LogP contribution in [-0.2, 0) is 4.79 Å². The Morgan fingerprint density at radius 2 is 2.18 bits per heavy atom. The highest BCUT2D eigenvalue weighted by atomic mass is 32.1. The molecule has 92 valence electrons. The topological polar surface area (TPSA) is 57.6 Å². The van der Waals surface area contributed by atoms with Gasteiger partial charge in [-0.25, -0.2) is 0 Å². The maximum atomic E-state index is 12.1. The van der Waals surface area contributed by atoms with Crippen LogP contribution in [0, 0.1) is 13.8 Å². The van der Waals surface area contributed by atoms with Crippen molar-refractivity contribution in [2.45, 2.75) is 13.8 Å². The smallest absolute Gasteiger partial charge is 0.323 e. The van der Waals surface area contributed by atoms with Gasteiger partial charge in [-0.05, 0) is 19.9 Å². The number of carboxylic acid groups (broad SMARTS) is 1. The summed E-state index contributed by atoms with van der Waals surface area (Å²) >= 11 is 1.53. The Hall–Kier alpha value is -1.62. The third kappa shape index (κ3) is 3.42. The maximum absolute atomic E-state index is 12.1. The quantitative estimate of drug-likeness (QED) is 0.817. The van der Waals surface area contributed by atoms with Crippen molar-refractivity contribution >= 4 is 23.2 Å². The highest BCUT2D eigenvalue weighted by molar-refractivity contribution is 7.12. The van der Waals surface area contributed by atoms with Crippen molar-refractivity contribution in [2.24, 2.45) is 0 Å². The fourth-order valence-corrected chi connectivity index (χ4v) is 2.47. The van der Waals surface area contributed by atoms with Gasteiger partial charge in [-0.1, -0.05) is 6.08 Å². The highest BCUT2D eigenvalue weighted by Crippen LogP contribution is 2.21. The molecule has 0 aliphatic rings. The van der Waals surface area contributed by atoms with Gasteiger partial charge in [0.05, 0.1) is 5.56 Å². The van der Waals surface area contributed by atoms with Crippen molar-refractivity contribution in [2.75, 3.05) is 13.1 Å². The minimum atomic E-state index is -1.02. The zero-order valence-corrected chi connectivity index (χ0v) is 10.7. The Morgan fingerprint density at radius 3 is 2.59 bits per heavy atom. The second-order valence-electron chi connectivity index (χ2n) is 3.70. The van der Waals surface area contributed by atoms with Crippen LogP contribution in [0.1, 0.15) is 20.1 Å². The van der Waals surface area contributed by atoms with E-state index in [2.05, 4.69) is 6.58 Å². The van der Waals surface area contributed by atoms with Gasteiger partial charge in [0, 0.05) is 16.3 Å². The first-order valence-electron chi connectivity index (χ1n) is 5.14. The monoisotopic (exact) mass is 253 g/mol. The summed E-state index contributed by atoms with van der Waals surface area (Å²) in [7, 11) is 0. The molecule has 1 amide bonds. The van der Waals surface area contributed by atoms with Crippen molar-refractivity contribution in [1.29, 1.82) is 0 Å². The van der Waals surface area contributed by atoms with Gasteiger partial charge in [0.1, 0.15) is 6.54 Å². The van der Waals surface area contributed by atoms with Gasteiger partial charge >= 0.3 is 5.97 Å². The molecule has 5 heteroatoms. The van der Waals surface area contributed by atoms with E-state index in [9.17, 15) is 9.59 Å². The number of hydrogen-bond acceptors (Lipinski definition) is 3. The molecule has 0 spiro atoms. The summed E-state index contributed by atoms with van der Waals surface area (Å²) in [6.45, 7) is 7.24. The summed E-state index contributed by atoms with van der Waals surface area (Å²) in [5.74, 6) is -1.28. The maximum Gasteiger partial charge on any atom is 0.323 e. The van der Waals surface area contributed by atoms with Crippen LogP contribution in [0.4, 0.5) is 0 Å². The highest BCUT2D eigenvalue weighted by Gasteiger charge is 2.20. The molecule has 0 saturated heterocycles. The number of aryl methyl sites for hydroxylation is 2. The molecule has 0 radical (unpaired) electrons. The molecule has 1 N–H and O–H groups in total. The molecule has 4 nitrogen and oxygen atoms in total. The van der Waals surface area contributed by atoms with Crippen molar-refractivity contribution in [3.63, 3.8) is 0 Å². The van der Waals surface area contributed by atoms with Gasteiger partial charge in [0.25, 0.3) is 5.91 Å². The Balaban J connectivity index is 2.94. The predicted molar refractivity (Wildman–Crippen MR) is 67.5 cm³/mol. The first-order valence-corrected chi connectivity index (χ1v) is 5.96. The molecule has 0 aliphatic heterocycles. The van der Waals surface area contributed by atoms with Crippen molar-refractivity contribution in [3.8, 4) is 0 Å². The zero-order chi connectivity index (χ0) is 13.0. The van der Waals surface area contributed by atoms with E-state index >= 15 is 0 Å². The molecule has 0 fully saturated rings. The molecule has 0 atom stereocenters. The van der Waals surface area contributed by atoms with Crippen molar-refractivity contribution < 1.29 is 14.7 Å². The SMILES string of the molecule is C=CCN(CC(=O)O)C(=O)c1cc(C)sc1C. The molecule has 0 saturated carbocycles. The molecule has 1 aromatic rings. The predicted octanol–water partition coefficient (Wildman–Crippen LogP) is 2.08. The average Bonchev–Trinajstić information content (AvgIpc) is 2.55. The lowest BCUT2D eigenvalue weighted by Crippen LogP contribution is -2.35. The third-order valence-electron chi connectivity index (χ3n) is 2.23. The summed E-state index contributed by atoms with van der Waals surface area (Å²) in [6.07, 6.45) is 1.52. The fourth-order valence-electron chi connectivity index (χ4n) is 1.55. The number of carbonyl (C=O) groups excluding carboxylic acids is 1. The number of carboxylic acids is 1. The van der Waals surface area contributed by atoms with E-state index in [1.54, 1.807) is 6.07 Å². The molecule has 0 aliphatic carbocycles. The molecule has 1 heterocycles. The van der Waals surface area contributed by atoms with E-state index < -0.39 is 5.97 Å². The van der Waals surface area contributed by atoms with Gasteiger partial charge in [0.2, 0.25) is 0 Å². The van der Waals surface area contributed by atoms with Gasteiger partial charge in [0.15, 0.2) is 0 Å². The minimum absolute atomic E-state index is 0.236. The van der Waals surface area contributed by atoms with E-state index in [-0.39, 0.29) is 19.0 Å². The Kier molecular flexibility index (Phi) is 4.45. The van der Waals surface area contributed by atoms with E-state index in [1.807, 2.05) is 13.8 Å². The van der Waals surface area contributed by atoms with E-state index in [4.69, 9.17) is 5.11 Å². The zero-order valence-electron chi connectivity index (χ0n) is 9.90. The van der Waals surface area contributed by atoms with Crippen LogP contribution in [0.25, 0.3) is 0 Å². The molecule has 1 rings (SSSR count). The first kappa shape index (κ1) is 13.4. The van der Waals surface area contributed by atoms with E-state index in [0.29, 0.717) is 5.56 Å². The van der Waals surface area contributed by atoms with Crippen LogP contribution in [0.3, 0.4) is 0 Å². The lowest BCUT2D eigenvalue weighted by atomic mass is 10.2. The lowest BCUT2D eigenvalue weighted by molar-refractivity contribution is -0.137. The first-order chi connectivity index (χ1) is 7.95. The molecule has 1 aromatic heterocycles. The number of carbonyl (C=O) groups is 2. The van der Waals surface area contributed by atoms with Gasteiger partial charge in [-0.15, -0.1) is 17.9 Å². The minimum Gasteiger partial charge on any atom is -0.480 e. The van der Waals surface area contributed by atoms with Crippen LogP contribution in [0.2, 0.25) is 0 Å². The van der Waals surface area contributed by atoms with Crippen LogP contribution in [0.15, 0.2) is 18.7 Å². The molecule has 0 bridgehead atoms. The third-order valence-corrected chi connectivity index (χ3v) is 3.20. The van der Waals surface area contributed by atoms with Crippen LogP contribution in [-0.4, -0.2) is 35.0 Å². The van der Waals surface area contributed by atoms with E-state index in [1.165, 1.54) is 22.3 Å². The number of amides is 1. The summed E-state index contributed by atoms with van der Waals surface area (Å²) in [4.78, 5) is 26.0. The van der Waals surface area contributed by atoms with Crippen molar-refractivity contribution in [3.05, 3.63) is 34.0 Å². The number of thiophene rings is 1. The number of rotatable bonds is 5. The Bertz CT molecular complexity index is 451. The van der Waals surface area contributed by atoms with Gasteiger partial charge in [-0.3, -0.25) is 9.59 Å². The van der Waals surface area contributed by atoms with Crippen LogP contribution >= 0.6 is 11.3 Å². The fraction of sp³-hybridized carbons (Fsp3) is 0.333. The summed E-state index contributed by atoms with van der Waals surface area (Å²) in [5, 5.41) is 8.76. The molecular formula is C12H15NO3S. The number of aliphatic carboxylic acids is 1. The standard InChI is InChI=1S/C12H15NO3S/c1-4-5-13(7-11(14)15)12(16)10-6-8(2)17-9(10)3/h4,6H,1,5,7H2,2-3H3,(H,14,15). The summed E-state index contributed by atoms with van der Waals surface area (Å²) in [6, 6.07) is 1.79. The summed E-state index contributed by atoms with van der Waals surface area (Å²) < 4.78 is 0. The summed E-state index contributed by atoms with van der Waals surface area (Å²) in [5.41, 5.74) is 0.579. The number of hydrogen-bond donors (Lipinski definition) is 1. The van der Waals surface area contributed by atoms with Crippen LogP contribution < -0.4 is 0 Å². The van der Waals surface area contributed by atoms with E-state index in [0.717, 1.165) is 9.75 Å². The Labute approximate surface area is 104 Å². The molecule has 0 unspecified atom stereocenters. The van der Waals surface area contributed by atoms with Gasteiger partial charge < -0.3 is 10.0 Å². The molecule has 0 aromatic carbocycles. The second kappa shape index (κ2) is 5.63. The second-order valence-corrected chi connectivity index (χ2v) is 5.16. The van der Waals surface area contributed by atoms with Crippen LogP contribution in [0.5, 0.6) is 0 Å². The largest absolute Gasteiger partial charge is 0.480 e. The van der Waals surface area contributed by atoms with Crippen molar-refractivity contribution in [1.82, 2.24) is 4.90 Å². The van der Waals surface area contributed by atoms with Gasteiger partial charge in [-0.2, -0.15) is 0 Å². The molecular weight excluding hydrogens is 238 g/mol. The Morgan fingerprint density at radius 1 is 1.53 bits per heavy atom. The lowest BCUT2D eigenvalue weighted by Gasteiger charge is -2.18. The number of nitrogens with zero attached hydrogens (tertiary/aromatic N) is 1. The normalized spacial score (nSPS) is 10.0.